The minimum atomic E-state index is -0.293. The maximum absolute atomic E-state index is 13.0. The maximum Gasteiger partial charge on any atom is 0.149 e. The molecule has 0 fully saturated rings. The third-order valence-corrected chi connectivity index (χ3v) is 3.23. The first kappa shape index (κ1) is 11.7. The number of nitrogens with zero attached hydrogens (tertiary/aromatic N) is 1. The highest BCUT2D eigenvalue weighted by atomic mass is 19.1. The van der Waals surface area contributed by atoms with Crippen molar-refractivity contribution in [1.82, 2.24) is 4.98 Å². The molecule has 94 valence electrons. The quantitative estimate of drug-likeness (QED) is 0.709. The Morgan fingerprint density at radius 3 is 2.58 bits per heavy atom. The molecule has 1 heterocycles. The maximum atomic E-state index is 13.0. The molecule has 0 aliphatic carbocycles. The third kappa shape index (κ3) is 1.93. The fourth-order valence-corrected chi connectivity index (χ4v) is 2.25. The summed E-state index contributed by atoms with van der Waals surface area (Å²) >= 11 is 0. The number of halogens is 1. The predicted octanol–water partition coefficient (Wildman–Crippen LogP) is 4.05. The van der Waals surface area contributed by atoms with Crippen molar-refractivity contribution in [3.05, 3.63) is 60.0 Å². The number of benzene rings is 2. The van der Waals surface area contributed by atoms with E-state index in [0.717, 1.165) is 16.5 Å². The number of pyridine rings is 1. The van der Waals surface area contributed by atoms with Crippen LogP contribution in [0.25, 0.3) is 22.0 Å². The summed E-state index contributed by atoms with van der Waals surface area (Å²) in [7, 11) is 0. The molecule has 0 bridgehead atoms. The number of hydrogen-bond donors (Lipinski definition) is 1. The van der Waals surface area contributed by atoms with Crippen LogP contribution in [0.1, 0.15) is 5.56 Å². The van der Waals surface area contributed by atoms with Gasteiger partial charge in [-0.25, -0.2) is 4.39 Å². The van der Waals surface area contributed by atoms with E-state index in [0.29, 0.717) is 11.1 Å². The lowest BCUT2D eigenvalue weighted by Crippen LogP contribution is -1.88. The second-order valence-corrected chi connectivity index (χ2v) is 4.50. The number of fused-ring (bicyclic) bond motifs is 1. The van der Waals surface area contributed by atoms with E-state index in [1.165, 1.54) is 12.1 Å². The highest BCUT2D eigenvalue weighted by molar-refractivity contribution is 5.94. The van der Waals surface area contributed by atoms with Crippen LogP contribution in [0, 0.1) is 12.7 Å². The summed E-state index contributed by atoms with van der Waals surface area (Å²) < 4.78 is 13.0. The molecule has 1 N–H and O–H groups in total. The second kappa shape index (κ2) is 4.35. The van der Waals surface area contributed by atoms with Gasteiger partial charge in [0.25, 0.3) is 0 Å². The van der Waals surface area contributed by atoms with Crippen LogP contribution in [0.15, 0.2) is 48.7 Å². The van der Waals surface area contributed by atoms with Gasteiger partial charge in [0, 0.05) is 17.1 Å². The fraction of sp³-hybridized carbons (Fsp3) is 0.0625. The van der Waals surface area contributed by atoms with Crippen molar-refractivity contribution in [3.63, 3.8) is 0 Å². The van der Waals surface area contributed by atoms with E-state index in [-0.39, 0.29) is 11.6 Å². The minimum Gasteiger partial charge on any atom is -0.505 e. The first-order valence-electron chi connectivity index (χ1n) is 6.00. The monoisotopic (exact) mass is 253 g/mol. The molecular weight excluding hydrogens is 241 g/mol. The van der Waals surface area contributed by atoms with Crippen LogP contribution in [0.2, 0.25) is 0 Å². The van der Waals surface area contributed by atoms with Crippen molar-refractivity contribution in [3.8, 4) is 16.9 Å². The Hall–Kier alpha value is -2.42. The minimum absolute atomic E-state index is 0.132. The molecule has 2 nitrogen and oxygen atoms in total. The topological polar surface area (TPSA) is 33.1 Å². The lowest BCUT2D eigenvalue weighted by Gasteiger charge is -2.10. The number of aromatic nitrogens is 1. The Morgan fingerprint density at radius 2 is 1.84 bits per heavy atom. The molecular formula is C16H12FNO. The number of aromatic hydroxyl groups is 1. The summed E-state index contributed by atoms with van der Waals surface area (Å²) in [4.78, 5) is 4.22. The number of phenolic OH excluding ortho intramolecular Hbond substituents is 1. The summed E-state index contributed by atoms with van der Waals surface area (Å²) in [6.45, 7) is 1.97. The lowest BCUT2D eigenvalue weighted by molar-refractivity contribution is 0.482. The van der Waals surface area contributed by atoms with Crippen LogP contribution >= 0.6 is 0 Å². The normalized spacial score (nSPS) is 10.8. The first-order chi connectivity index (χ1) is 9.16. The van der Waals surface area contributed by atoms with Gasteiger partial charge < -0.3 is 5.11 Å². The Balaban J connectivity index is 2.30. The number of hydrogen-bond acceptors (Lipinski definition) is 2. The Labute approximate surface area is 110 Å². The summed E-state index contributed by atoms with van der Waals surface area (Å²) in [5.74, 6) is -0.160. The van der Waals surface area contributed by atoms with E-state index in [1.807, 2.05) is 25.1 Å². The first-order valence-corrected chi connectivity index (χ1v) is 6.00. The molecule has 0 aliphatic heterocycles. The molecule has 3 aromatic rings. The van der Waals surface area contributed by atoms with Gasteiger partial charge in [-0.15, -0.1) is 0 Å². The molecule has 0 radical (unpaired) electrons. The lowest BCUT2D eigenvalue weighted by atomic mass is 9.98. The number of aryl methyl sites for hydroxylation is 1. The van der Waals surface area contributed by atoms with Crippen molar-refractivity contribution in [1.29, 1.82) is 0 Å². The van der Waals surface area contributed by atoms with Crippen LogP contribution in [-0.4, -0.2) is 10.1 Å². The second-order valence-electron chi connectivity index (χ2n) is 4.50. The molecule has 3 heteroatoms. The van der Waals surface area contributed by atoms with E-state index in [2.05, 4.69) is 4.98 Å². The molecule has 0 spiro atoms. The van der Waals surface area contributed by atoms with E-state index in [9.17, 15) is 9.50 Å². The molecule has 0 saturated heterocycles. The number of rotatable bonds is 1. The van der Waals surface area contributed by atoms with E-state index in [1.54, 1.807) is 18.3 Å². The van der Waals surface area contributed by atoms with Gasteiger partial charge in [0.2, 0.25) is 0 Å². The van der Waals surface area contributed by atoms with Gasteiger partial charge in [0.05, 0.1) is 0 Å². The zero-order valence-corrected chi connectivity index (χ0v) is 10.4. The molecule has 3 rings (SSSR count). The fourth-order valence-electron chi connectivity index (χ4n) is 2.25. The standard InChI is InChI=1S/C16H12FNO/c1-10-9-14(11-4-6-12(17)7-5-11)16(19)15-13(10)3-2-8-18-15/h2-9,19H,1H3. The summed E-state index contributed by atoms with van der Waals surface area (Å²) in [5.41, 5.74) is 3.04. The molecule has 0 aliphatic rings. The van der Waals surface area contributed by atoms with Crippen LogP contribution in [0.5, 0.6) is 5.75 Å². The van der Waals surface area contributed by atoms with Gasteiger partial charge in [-0.2, -0.15) is 0 Å². The smallest absolute Gasteiger partial charge is 0.149 e. The van der Waals surface area contributed by atoms with Gasteiger partial charge in [0.15, 0.2) is 0 Å². The molecule has 0 saturated carbocycles. The van der Waals surface area contributed by atoms with Gasteiger partial charge in [-0.05, 0) is 42.3 Å². The van der Waals surface area contributed by atoms with E-state index in [4.69, 9.17) is 0 Å². The zero-order valence-electron chi connectivity index (χ0n) is 10.4. The van der Waals surface area contributed by atoms with Crippen molar-refractivity contribution in [2.75, 3.05) is 0 Å². The highest BCUT2D eigenvalue weighted by Crippen LogP contribution is 2.36. The van der Waals surface area contributed by atoms with Crippen LogP contribution < -0.4 is 0 Å². The Bertz CT molecular complexity index is 751. The SMILES string of the molecule is Cc1cc(-c2ccc(F)cc2)c(O)c2ncccc12. The van der Waals surface area contributed by atoms with Crippen molar-refractivity contribution in [2.24, 2.45) is 0 Å². The summed E-state index contributed by atoms with van der Waals surface area (Å²) in [5, 5.41) is 11.3. The average Bonchev–Trinajstić information content (AvgIpc) is 2.44. The highest BCUT2D eigenvalue weighted by Gasteiger charge is 2.11. The van der Waals surface area contributed by atoms with Gasteiger partial charge in [0.1, 0.15) is 17.1 Å². The molecule has 0 unspecified atom stereocenters. The van der Waals surface area contributed by atoms with Crippen LogP contribution in [-0.2, 0) is 0 Å². The molecule has 0 atom stereocenters. The molecule has 2 aromatic carbocycles. The molecule has 0 amide bonds. The molecule has 1 aromatic heterocycles. The number of phenols is 1. The third-order valence-electron chi connectivity index (χ3n) is 3.23. The predicted molar refractivity (Wildman–Crippen MR) is 73.5 cm³/mol. The summed E-state index contributed by atoms with van der Waals surface area (Å²) in [6.07, 6.45) is 1.65. The van der Waals surface area contributed by atoms with Crippen molar-refractivity contribution in [2.45, 2.75) is 6.92 Å². The van der Waals surface area contributed by atoms with Crippen molar-refractivity contribution < 1.29 is 9.50 Å². The van der Waals surface area contributed by atoms with Crippen molar-refractivity contribution >= 4 is 10.9 Å². The van der Waals surface area contributed by atoms with Gasteiger partial charge >= 0.3 is 0 Å². The zero-order chi connectivity index (χ0) is 13.4. The van der Waals surface area contributed by atoms with E-state index >= 15 is 0 Å². The average molecular weight is 253 g/mol. The van der Waals surface area contributed by atoms with Crippen LogP contribution in [0.4, 0.5) is 4.39 Å². The molecule has 19 heavy (non-hydrogen) atoms. The largest absolute Gasteiger partial charge is 0.505 e. The Morgan fingerprint density at radius 1 is 1.11 bits per heavy atom. The van der Waals surface area contributed by atoms with E-state index < -0.39 is 0 Å². The Kier molecular flexibility index (Phi) is 2.67. The van der Waals surface area contributed by atoms with Gasteiger partial charge in [-0.3, -0.25) is 4.98 Å². The van der Waals surface area contributed by atoms with Crippen LogP contribution in [0.3, 0.4) is 0 Å². The van der Waals surface area contributed by atoms with Gasteiger partial charge in [-0.1, -0.05) is 18.2 Å². The summed E-state index contributed by atoms with van der Waals surface area (Å²) in [6, 6.07) is 11.7.